The minimum atomic E-state index is -0.449. The quantitative estimate of drug-likeness (QED) is 0.480. The van der Waals surface area contributed by atoms with Crippen LogP contribution in [0.2, 0.25) is 5.02 Å². The second kappa shape index (κ2) is 6.85. The molecular formula is C19H12ClFN2O4. The van der Waals surface area contributed by atoms with E-state index in [0.29, 0.717) is 21.9 Å². The predicted molar refractivity (Wildman–Crippen MR) is 96.3 cm³/mol. The van der Waals surface area contributed by atoms with Crippen LogP contribution in [-0.2, 0) is 6.61 Å². The predicted octanol–water partition coefficient (Wildman–Crippen LogP) is 4.52. The lowest BCUT2D eigenvalue weighted by atomic mass is 10.1. The molecule has 0 unspecified atom stereocenters. The number of rotatable bonds is 4. The van der Waals surface area contributed by atoms with E-state index >= 15 is 0 Å². The van der Waals surface area contributed by atoms with Crippen molar-refractivity contribution in [3.63, 3.8) is 0 Å². The Morgan fingerprint density at radius 2 is 1.96 bits per heavy atom. The Morgan fingerprint density at radius 1 is 1.19 bits per heavy atom. The van der Waals surface area contributed by atoms with Gasteiger partial charge in [0.15, 0.2) is 6.61 Å². The Bertz CT molecular complexity index is 1180. The van der Waals surface area contributed by atoms with Crippen LogP contribution in [0.15, 0.2) is 56.2 Å². The highest BCUT2D eigenvalue weighted by Gasteiger charge is 2.13. The Hall–Kier alpha value is -3.19. The number of aryl methyl sites for hydroxylation is 1. The lowest BCUT2D eigenvalue weighted by Gasteiger charge is -2.08. The van der Waals surface area contributed by atoms with E-state index in [1.165, 1.54) is 30.3 Å². The van der Waals surface area contributed by atoms with Crippen LogP contribution < -0.4 is 10.4 Å². The van der Waals surface area contributed by atoms with E-state index in [9.17, 15) is 9.18 Å². The average Bonchev–Trinajstić information content (AvgIpc) is 3.10. The number of nitrogens with zero attached hydrogens (tertiary/aromatic N) is 2. The van der Waals surface area contributed by atoms with Crippen molar-refractivity contribution in [2.24, 2.45) is 0 Å². The standard InChI is InChI=1S/C19H12ClFN2O4/c1-10-6-18(24)26-15-8-16(14(20)7-13(10)15)25-9-17-22-19(27-23-17)11-2-4-12(21)5-3-11/h2-8H,9H2,1H3. The van der Waals surface area contributed by atoms with Crippen LogP contribution in [0, 0.1) is 12.7 Å². The van der Waals surface area contributed by atoms with Crippen molar-refractivity contribution in [3.05, 3.63) is 75.1 Å². The minimum Gasteiger partial charge on any atom is -0.484 e. The highest BCUT2D eigenvalue weighted by atomic mass is 35.5. The maximum atomic E-state index is 13.0. The molecule has 4 rings (SSSR count). The molecule has 0 aliphatic rings. The number of halogens is 2. The molecule has 6 nitrogen and oxygen atoms in total. The fourth-order valence-electron chi connectivity index (χ4n) is 2.59. The molecule has 0 fully saturated rings. The van der Waals surface area contributed by atoms with Crippen LogP contribution in [0.4, 0.5) is 4.39 Å². The van der Waals surface area contributed by atoms with Crippen molar-refractivity contribution >= 4 is 22.6 Å². The van der Waals surface area contributed by atoms with E-state index in [4.69, 9.17) is 25.3 Å². The highest BCUT2D eigenvalue weighted by molar-refractivity contribution is 6.32. The van der Waals surface area contributed by atoms with Gasteiger partial charge in [-0.05, 0) is 42.8 Å². The van der Waals surface area contributed by atoms with Crippen molar-refractivity contribution in [1.29, 1.82) is 0 Å². The van der Waals surface area contributed by atoms with E-state index in [-0.39, 0.29) is 24.1 Å². The lowest BCUT2D eigenvalue weighted by Crippen LogP contribution is -2.00. The molecule has 2 heterocycles. The normalized spacial score (nSPS) is 11.1. The van der Waals surface area contributed by atoms with Crippen molar-refractivity contribution in [2.75, 3.05) is 0 Å². The van der Waals surface area contributed by atoms with Crippen LogP contribution in [0.5, 0.6) is 5.75 Å². The van der Waals surface area contributed by atoms with Crippen molar-refractivity contribution in [3.8, 4) is 17.2 Å². The smallest absolute Gasteiger partial charge is 0.336 e. The first-order chi connectivity index (χ1) is 13.0. The van der Waals surface area contributed by atoms with Crippen LogP contribution in [0.1, 0.15) is 11.4 Å². The first-order valence-electron chi connectivity index (χ1n) is 7.95. The summed E-state index contributed by atoms with van der Waals surface area (Å²) in [5, 5.41) is 4.92. The third kappa shape index (κ3) is 3.54. The largest absolute Gasteiger partial charge is 0.484 e. The molecule has 136 valence electrons. The Labute approximate surface area is 157 Å². The summed E-state index contributed by atoms with van der Waals surface area (Å²) in [4.78, 5) is 15.7. The molecule has 2 aromatic carbocycles. The number of ether oxygens (including phenoxy) is 1. The van der Waals surface area contributed by atoms with E-state index in [0.717, 1.165) is 10.9 Å². The monoisotopic (exact) mass is 386 g/mol. The fraction of sp³-hybridized carbons (Fsp3) is 0.105. The molecular weight excluding hydrogens is 375 g/mol. The second-order valence-corrected chi connectivity index (χ2v) is 6.25. The molecule has 2 aromatic heterocycles. The number of benzene rings is 2. The molecule has 0 saturated heterocycles. The van der Waals surface area contributed by atoms with Crippen LogP contribution in [0.3, 0.4) is 0 Å². The molecule has 0 radical (unpaired) electrons. The van der Waals surface area contributed by atoms with Crippen molar-refractivity contribution < 1.29 is 18.1 Å². The summed E-state index contributed by atoms with van der Waals surface area (Å²) in [5.74, 6) is 0.511. The van der Waals surface area contributed by atoms with Crippen LogP contribution in [0.25, 0.3) is 22.4 Å². The summed E-state index contributed by atoms with van der Waals surface area (Å²) < 4.78 is 29.0. The number of hydrogen-bond acceptors (Lipinski definition) is 6. The maximum absolute atomic E-state index is 13.0. The summed E-state index contributed by atoms with van der Waals surface area (Å²) in [6.45, 7) is 1.79. The zero-order chi connectivity index (χ0) is 19.0. The van der Waals surface area contributed by atoms with Crippen molar-refractivity contribution in [1.82, 2.24) is 10.1 Å². The van der Waals surface area contributed by atoms with Gasteiger partial charge in [0.2, 0.25) is 5.82 Å². The van der Waals surface area contributed by atoms with Gasteiger partial charge in [0.25, 0.3) is 5.89 Å². The van der Waals surface area contributed by atoms with Gasteiger partial charge in [-0.3, -0.25) is 0 Å². The van der Waals surface area contributed by atoms with Gasteiger partial charge in [0, 0.05) is 23.1 Å². The van der Waals surface area contributed by atoms with E-state index in [2.05, 4.69) is 10.1 Å². The number of fused-ring (bicyclic) bond motifs is 1. The zero-order valence-electron chi connectivity index (χ0n) is 14.0. The topological polar surface area (TPSA) is 78.4 Å². The number of aromatic nitrogens is 2. The fourth-order valence-corrected chi connectivity index (χ4v) is 2.81. The molecule has 4 aromatic rings. The Morgan fingerprint density at radius 3 is 2.74 bits per heavy atom. The molecule has 0 bridgehead atoms. The van der Waals surface area contributed by atoms with Gasteiger partial charge in [-0.2, -0.15) is 4.98 Å². The minimum absolute atomic E-state index is 0.00797. The highest BCUT2D eigenvalue weighted by Crippen LogP contribution is 2.31. The summed E-state index contributed by atoms with van der Waals surface area (Å²) in [5.41, 5.74) is 1.28. The zero-order valence-corrected chi connectivity index (χ0v) is 14.8. The summed E-state index contributed by atoms with van der Waals surface area (Å²) in [7, 11) is 0. The summed E-state index contributed by atoms with van der Waals surface area (Å²) in [6.07, 6.45) is 0. The molecule has 0 N–H and O–H groups in total. The molecule has 8 heteroatoms. The SMILES string of the molecule is Cc1cc(=O)oc2cc(OCc3noc(-c4ccc(F)cc4)n3)c(Cl)cc12. The molecule has 27 heavy (non-hydrogen) atoms. The van der Waals surface area contributed by atoms with Gasteiger partial charge in [-0.25, -0.2) is 9.18 Å². The number of hydrogen-bond donors (Lipinski definition) is 0. The third-order valence-corrected chi connectivity index (χ3v) is 4.22. The molecule has 0 spiro atoms. The molecule has 0 aliphatic heterocycles. The molecule has 0 aliphatic carbocycles. The van der Waals surface area contributed by atoms with Gasteiger partial charge in [-0.1, -0.05) is 16.8 Å². The Balaban J connectivity index is 1.56. The van der Waals surface area contributed by atoms with Gasteiger partial charge in [-0.15, -0.1) is 0 Å². The summed E-state index contributed by atoms with van der Waals surface area (Å²) >= 11 is 6.25. The third-order valence-electron chi connectivity index (χ3n) is 3.92. The van der Waals surface area contributed by atoms with Gasteiger partial charge in [0.1, 0.15) is 17.1 Å². The van der Waals surface area contributed by atoms with E-state index < -0.39 is 5.63 Å². The first-order valence-corrected chi connectivity index (χ1v) is 8.33. The van der Waals surface area contributed by atoms with Gasteiger partial charge >= 0.3 is 5.63 Å². The van der Waals surface area contributed by atoms with Crippen LogP contribution >= 0.6 is 11.6 Å². The molecule has 0 saturated carbocycles. The van der Waals surface area contributed by atoms with E-state index in [1.807, 2.05) is 0 Å². The van der Waals surface area contributed by atoms with Gasteiger partial charge in [0.05, 0.1) is 5.02 Å². The summed E-state index contributed by atoms with van der Waals surface area (Å²) in [6, 6.07) is 10.3. The lowest BCUT2D eigenvalue weighted by molar-refractivity contribution is 0.287. The molecule has 0 amide bonds. The van der Waals surface area contributed by atoms with Gasteiger partial charge < -0.3 is 13.7 Å². The average molecular weight is 387 g/mol. The first kappa shape index (κ1) is 17.2. The van der Waals surface area contributed by atoms with Crippen LogP contribution in [-0.4, -0.2) is 10.1 Å². The van der Waals surface area contributed by atoms with Crippen molar-refractivity contribution in [2.45, 2.75) is 13.5 Å². The van der Waals surface area contributed by atoms with E-state index in [1.54, 1.807) is 19.1 Å². The second-order valence-electron chi connectivity index (χ2n) is 5.84. The maximum Gasteiger partial charge on any atom is 0.336 e. The Kier molecular flexibility index (Phi) is 4.37. The molecule has 0 atom stereocenters.